The molecule has 1 rings (SSSR count). The summed E-state index contributed by atoms with van der Waals surface area (Å²) in [5, 5.41) is 13.6. The van der Waals surface area contributed by atoms with Crippen molar-refractivity contribution in [3.63, 3.8) is 0 Å². The summed E-state index contributed by atoms with van der Waals surface area (Å²) in [7, 11) is 1.57. The lowest BCUT2D eigenvalue weighted by molar-refractivity contribution is 0.180. The van der Waals surface area contributed by atoms with Crippen LogP contribution < -0.4 is 0 Å². The highest BCUT2D eigenvalue weighted by atomic mass is 35.5. The Hall–Kier alpha value is -1.05. The van der Waals surface area contributed by atoms with E-state index < -0.39 is 0 Å². The van der Waals surface area contributed by atoms with Gasteiger partial charge in [-0.2, -0.15) is 10.4 Å². The molecule has 0 radical (unpaired) electrons. The van der Waals surface area contributed by atoms with Crippen molar-refractivity contribution in [1.29, 1.82) is 5.26 Å². The molecule has 1 unspecified atom stereocenters. The molecule has 0 saturated heterocycles. The SMILES string of the molecule is CCC(C)n1nc(COC)c(C#N)c1Cl. The molecule has 4 nitrogen and oxygen atoms in total. The lowest BCUT2D eigenvalue weighted by atomic mass is 10.2. The molecular formula is C10H14ClN3O. The number of hydrogen-bond donors (Lipinski definition) is 0. The van der Waals surface area contributed by atoms with Crippen molar-refractivity contribution in [2.24, 2.45) is 0 Å². The van der Waals surface area contributed by atoms with Crippen LogP contribution in [-0.2, 0) is 11.3 Å². The Morgan fingerprint density at radius 1 is 1.67 bits per heavy atom. The second-order valence-corrected chi connectivity index (χ2v) is 3.72. The number of rotatable bonds is 4. The van der Waals surface area contributed by atoms with Gasteiger partial charge in [0.1, 0.15) is 22.5 Å². The van der Waals surface area contributed by atoms with E-state index in [1.807, 2.05) is 13.8 Å². The van der Waals surface area contributed by atoms with Crippen LogP contribution in [0.4, 0.5) is 0 Å². The second kappa shape index (κ2) is 5.15. The van der Waals surface area contributed by atoms with Crippen LogP contribution >= 0.6 is 11.6 Å². The summed E-state index contributed by atoms with van der Waals surface area (Å²) in [6.45, 7) is 4.37. The molecule has 5 heteroatoms. The van der Waals surface area contributed by atoms with Crippen LogP contribution in [0.2, 0.25) is 5.15 Å². The van der Waals surface area contributed by atoms with E-state index in [0.29, 0.717) is 23.0 Å². The van der Waals surface area contributed by atoms with Crippen molar-refractivity contribution in [3.05, 3.63) is 16.4 Å². The first-order valence-corrected chi connectivity index (χ1v) is 5.19. The zero-order chi connectivity index (χ0) is 11.4. The highest BCUT2D eigenvalue weighted by Crippen LogP contribution is 2.24. The van der Waals surface area contributed by atoms with E-state index in [2.05, 4.69) is 11.2 Å². The number of aromatic nitrogens is 2. The van der Waals surface area contributed by atoms with Gasteiger partial charge in [-0.3, -0.25) is 0 Å². The topological polar surface area (TPSA) is 50.8 Å². The average molecular weight is 228 g/mol. The molecule has 0 amide bonds. The number of hydrogen-bond acceptors (Lipinski definition) is 3. The quantitative estimate of drug-likeness (QED) is 0.794. The normalized spacial score (nSPS) is 12.5. The van der Waals surface area contributed by atoms with Gasteiger partial charge in [0.05, 0.1) is 12.6 Å². The zero-order valence-electron chi connectivity index (χ0n) is 9.12. The summed E-state index contributed by atoms with van der Waals surface area (Å²) in [4.78, 5) is 0. The van der Waals surface area contributed by atoms with Gasteiger partial charge < -0.3 is 4.74 Å². The Morgan fingerprint density at radius 2 is 2.33 bits per heavy atom. The van der Waals surface area contributed by atoms with Crippen LogP contribution in [0.15, 0.2) is 0 Å². The van der Waals surface area contributed by atoms with Crippen LogP contribution in [0.5, 0.6) is 0 Å². The van der Waals surface area contributed by atoms with Gasteiger partial charge >= 0.3 is 0 Å². The Morgan fingerprint density at radius 3 is 2.80 bits per heavy atom. The van der Waals surface area contributed by atoms with E-state index in [-0.39, 0.29) is 6.04 Å². The molecule has 0 spiro atoms. The monoisotopic (exact) mass is 227 g/mol. The minimum Gasteiger partial charge on any atom is -0.378 e. The molecule has 0 aliphatic carbocycles. The molecule has 0 N–H and O–H groups in total. The van der Waals surface area contributed by atoms with Gasteiger partial charge in [0.15, 0.2) is 0 Å². The minimum atomic E-state index is 0.190. The first-order valence-electron chi connectivity index (χ1n) is 4.81. The average Bonchev–Trinajstić information content (AvgIpc) is 2.55. The van der Waals surface area contributed by atoms with Gasteiger partial charge in [0, 0.05) is 7.11 Å². The molecule has 0 aromatic carbocycles. The summed E-state index contributed by atoms with van der Waals surface area (Å²) < 4.78 is 6.64. The minimum absolute atomic E-state index is 0.190. The lowest BCUT2D eigenvalue weighted by Crippen LogP contribution is -2.06. The summed E-state index contributed by atoms with van der Waals surface area (Å²) in [5.41, 5.74) is 1.02. The maximum Gasteiger partial charge on any atom is 0.145 e. The van der Waals surface area contributed by atoms with Crippen LogP contribution in [0.25, 0.3) is 0 Å². The molecule has 1 aromatic rings. The van der Waals surface area contributed by atoms with E-state index in [1.54, 1.807) is 11.8 Å². The van der Waals surface area contributed by atoms with E-state index in [0.717, 1.165) is 6.42 Å². The third-order valence-electron chi connectivity index (χ3n) is 2.33. The predicted octanol–water partition coefficient (Wildman–Crippen LogP) is 2.53. The third-order valence-corrected chi connectivity index (χ3v) is 2.69. The molecule has 0 saturated carbocycles. The van der Waals surface area contributed by atoms with Crippen molar-refractivity contribution in [3.8, 4) is 6.07 Å². The number of nitrogens with zero attached hydrogens (tertiary/aromatic N) is 3. The Labute approximate surface area is 94.4 Å². The number of halogens is 1. The maximum absolute atomic E-state index is 8.95. The first-order chi connectivity index (χ1) is 7.15. The Balaban J connectivity index is 3.16. The maximum atomic E-state index is 8.95. The molecule has 0 aliphatic rings. The van der Waals surface area contributed by atoms with Gasteiger partial charge in [0.2, 0.25) is 0 Å². The summed E-state index contributed by atoms with van der Waals surface area (Å²) in [6, 6.07) is 2.24. The van der Waals surface area contributed by atoms with Crippen molar-refractivity contribution < 1.29 is 4.74 Å². The van der Waals surface area contributed by atoms with Gasteiger partial charge in [-0.25, -0.2) is 4.68 Å². The molecule has 0 bridgehead atoms. The molecule has 0 aliphatic heterocycles. The largest absolute Gasteiger partial charge is 0.378 e. The van der Waals surface area contributed by atoms with Gasteiger partial charge in [-0.1, -0.05) is 18.5 Å². The predicted molar refractivity (Wildman–Crippen MR) is 57.7 cm³/mol. The van der Waals surface area contributed by atoms with E-state index in [4.69, 9.17) is 21.6 Å². The summed E-state index contributed by atoms with van der Waals surface area (Å²) in [6.07, 6.45) is 0.915. The standard InChI is InChI=1S/C10H14ClN3O/c1-4-7(2)14-10(11)8(5-12)9(13-14)6-15-3/h7H,4,6H2,1-3H3. The third kappa shape index (κ3) is 2.31. The molecule has 0 fully saturated rings. The van der Waals surface area contributed by atoms with Crippen molar-refractivity contribution in [1.82, 2.24) is 9.78 Å². The molecule has 82 valence electrons. The Bertz CT molecular complexity index is 381. The van der Waals surface area contributed by atoms with Gasteiger partial charge in [-0.05, 0) is 13.3 Å². The summed E-state index contributed by atoms with van der Waals surface area (Å²) >= 11 is 6.06. The highest BCUT2D eigenvalue weighted by Gasteiger charge is 2.18. The van der Waals surface area contributed by atoms with Crippen LogP contribution in [0.3, 0.4) is 0 Å². The van der Waals surface area contributed by atoms with E-state index in [9.17, 15) is 0 Å². The van der Waals surface area contributed by atoms with Crippen LogP contribution in [0.1, 0.15) is 37.6 Å². The molecule has 15 heavy (non-hydrogen) atoms. The first kappa shape index (κ1) is 12.0. The Kier molecular flexibility index (Phi) is 4.13. The summed E-state index contributed by atoms with van der Waals surface area (Å²) in [5.74, 6) is 0. The molecule has 1 heterocycles. The molecule has 1 atom stereocenters. The fourth-order valence-electron chi connectivity index (χ4n) is 1.27. The molecule has 1 aromatic heterocycles. The van der Waals surface area contributed by atoms with Crippen molar-refractivity contribution in [2.75, 3.05) is 7.11 Å². The molecular weight excluding hydrogens is 214 g/mol. The van der Waals surface area contributed by atoms with Crippen LogP contribution in [0, 0.1) is 11.3 Å². The van der Waals surface area contributed by atoms with E-state index >= 15 is 0 Å². The number of ether oxygens (including phenoxy) is 1. The fraction of sp³-hybridized carbons (Fsp3) is 0.600. The van der Waals surface area contributed by atoms with E-state index in [1.165, 1.54) is 0 Å². The number of methoxy groups -OCH3 is 1. The van der Waals surface area contributed by atoms with Gasteiger partial charge in [-0.15, -0.1) is 0 Å². The van der Waals surface area contributed by atoms with Gasteiger partial charge in [0.25, 0.3) is 0 Å². The number of nitriles is 1. The second-order valence-electron chi connectivity index (χ2n) is 3.36. The van der Waals surface area contributed by atoms with Crippen LogP contribution in [-0.4, -0.2) is 16.9 Å². The fourth-order valence-corrected chi connectivity index (χ4v) is 1.63. The lowest BCUT2D eigenvalue weighted by Gasteiger charge is -2.09. The zero-order valence-corrected chi connectivity index (χ0v) is 9.88. The van der Waals surface area contributed by atoms with Crippen molar-refractivity contribution in [2.45, 2.75) is 32.9 Å². The highest BCUT2D eigenvalue weighted by molar-refractivity contribution is 6.30. The van der Waals surface area contributed by atoms with Crippen molar-refractivity contribution >= 4 is 11.6 Å². The smallest absolute Gasteiger partial charge is 0.145 e.